The third kappa shape index (κ3) is 4.72. The predicted molar refractivity (Wildman–Crippen MR) is 138 cm³/mol. The van der Waals surface area contributed by atoms with Crippen LogP contribution < -0.4 is 15.1 Å². The molecule has 1 aromatic heterocycles. The molecule has 2 aliphatic heterocycles. The fraction of sp³-hybridized carbons (Fsp3) is 0.308. The first-order valence-electron chi connectivity index (χ1n) is 11.5. The van der Waals surface area contributed by atoms with Crippen LogP contribution >= 0.6 is 11.3 Å². The van der Waals surface area contributed by atoms with Crippen LogP contribution in [0.15, 0.2) is 53.9 Å². The molecular weight excluding hydrogens is 446 g/mol. The summed E-state index contributed by atoms with van der Waals surface area (Å²) in [6, 6.07) is 16.8. The molecular formula is C26H27N5O2S. The second kappa shape index (κ2) is 9.75. The molecule has 0 radical (unpaired) electrons. The molecule has 2 N–H and O–H groups in total. The number of amides is 2. The van der Waals surface area contributed by atoms with E-state index < -0.39 is 0 Å². The highest BCUT2D eigenvalue weighted by molar-refractivity contribution is 7.10. The van der Waals surface area contributed by atoms with E-state index in [1.54, 1.807) is 5.38 Å². The normalized spacial score (nSPS) is 18.1. The fourth-order valence-electron chi connectivity index (χ4n) is 4.55. The molecule has 7 nitrogen and oxygen atoms in total. The minimum Gasteiger partial charge on any atom is -0.391 e. The highest BCUT2D eigenvalue weighted by Gasteiger charge is 2.27. The van der Waals surface area contributed by atoms with Crippen molar-refractivity contribution in [2.75, 3.05) is 54.4 Å². The summed E-state index contributed by atoms with van der Waals surface area (Å²) < 4.78 is 0. The molecule has 8 heteroatoms. The van der Waals surface area contributed by atoms with Gasteiger partial charge in [-0.15, -0.1) is 17.8 Å². The van der Waals surface area contributed by atoms with Crippen LogP contribution in [0.5, 0.6) is 0 Å². The van der Waals surface area contributed by atoms with Crippen molar-refractivity contribution in [2.24, 2.45) is 0 Å². The van der Waals surface area contributed by atoms with Crippen LogP contribution in [0.2, 0.25) is 0 Å². The molecule has 2 aromatic carbocycles. The van der Waals surface area contributed by atoms with Crippen molar-refractivity contribution in [1.29, 1.82) is 0 Å². The van der Waals surface area contributed by atoms with Crippen LogP contribution in [0, 0.1) is 12.3 Å². The van der Waals surface area contributed by atoms with E-state index in [1.165, 1.54) is 16.9 Å². The first kappa shape index (κ1) is 22.3. The lowest BCUT2D eigenvalue weighted by atomic mass is 10.0. The van der Waals surface area contributed by atoms with Gasteiger partial charge in [-0.05, 0) is 35.6 Å². The topological polar surface area (TPSA) is 71.9 Å². The fourth-order valence-corrected chi connectivity index (χ4v) is 5.11. The first-order valence-corrected chi connectivity index (χ1v) is 12.3. The molecule has 0 aliphatic carbocycles. The Morgan fingerprint density at radius 3 is 2.50 bits per heavy atom. The van der Waals surface area contributed by atoms with E-state index >= 15 is 0 Å². The Bertz CT molecular complexity index is 1200. The zero-order chi connectivity index (χ0) is 23.5. The molecule has 1 unspecified atom stereocenters. The molecule has 2 amide bonds. The molecule has 0 saturated carbocycles. The van der Waals surface area contributed by atoms with Gasteiger partial charge >= 0.3 is 6.03 Å². The predicted octanol–water partition coefficient (Wildman–Crippen LogP) is 3.72. The summed E-state index contributed by atoms with van der Waals surface area (Å²) in [7, 11) is 0. The van der Waals surface area contributed by atoms with Crippen molar-refractivity contribution >= 4 is 34.6 Å². The Labute approximate surface area is 203 Å². The molecule has 2 aliphatic rings. The minimum absolute atomic E-state index is 0.157. The number of hydrogen-bond acceptors (Lipinski definition) is 6. The summed E-state index contributed by atoms with van der Waals surface area (Å²) in [6.45, 7) is 4.16. The van der Waals surface area contributed by atoms with Crippen LogP contribution in [0.1, 0.15) is 11.4 Å². The molecule has 2 fully saturated rings. The number of rotatable bonds is 4. The van der Waals surface area contributed by atoms with E-state index in [0.29, 0.717) is 30.5 Å². The summed E-state index contributed by atoms with van der Waals surface area (Å²) in [5.41, 5.74) is 4.62. The Kier molecular flexibility index (Phi) is 6.39. The Hall–Kier alpha value is -3.54. The first-order chi connectivity index (χ1) is 16.6. The number of nitrogens with zero attached hydrogens (tertiary/aromatic N) is 4. The van der Waals surface area contributed by atoms with E-state index in [4.69, 9.17) is 6.42 Å². The van der Waals surface area contributed by atoms with Crippen LogP contribution in [0.3, 0.4) is 0 Å². The van der Waals surface area contributed by atoms with Crippen molar-refractivity contribution in [1.82, 2.24) is 9.88 Å². The lowest BCUT2D eigenvalue weighted by Gasteiger charge is -2.38. The van der Waals surface area contributed by atoms with Gasteiger partial charge < -0.3 is 19.8 Å². The number of benzene rings is 2. The third-order valence-electron chi connectivity index (χ3n) is 6.36. The van der Waals surface area contributed by atoms with Gasteiger partial charge in [0.15, 0.2) is 5.01 Å². The molecule has 3 aromatic rings. The number of aliphatic hydroxyl groups is 1. The molecule has 3 heterocycles. The zero-order valence-electron chi connectivity index (χ0n) is 18.9. The molecule has 34 heavy (non-hydrogen) atoms. The number of thiazole rings is 1. The highest BCUT2D eigenvalue weighted by atomic mass is 32.1. The number of urea groups is 1. The maximum Gasteiger partial charge on any atom is 0.323 e. The number of piperazine rings is 1. The quantitative estimate of drug-likeness (QED) is 0.565. The maximum atomic E-state index is 12.7. The van der Waals surface area contributed by atoms with Gasteiger partial charge in [-0.25, -0.2) is 9.78 Å². The Morgan fingerprint density at radius 2 is 1.82 bits per heavy atom. The average Bonchev–Trinajstić information content (AvgIpc) is 3.53. The summed E-state index contributed by atoms with van der Waals surface area (Å²) in [5.74, 6) is 2.98. The molecule has 1 atom stereocenters. The van der Waals surface area contributed by atoms with Gasteiger partial charge in [0.1, 0.15) is 5.82 Å². The lowest BCUT2D eigenvalue weighted by molar-refractivity contribution is 0.198. The van der Waals surface area contributed by atoms with Gasteiger partial charge in [-0.3, -0.25) is 5.32 Å². The number of β-amino-alcohol motifs (C(OH)–C–C–N with tert-alkyl or cyclic N) is 1. The van der Waals surface area contributed by atoms with Gasteiger partial charge in [0.05, 0.1) is 17.5 Å². The third-order valence-corrected chi connectivity index (χ3v) is 7.13. The molecule has 174 valence electrons. The van der Waals surface area contributed by atoms with Crippen molar-refractivity contribution in [3.8, 4) is 23.5 Å². The van der Waals surface area contributed by atoms with Crippen molar-refractivity contribution < 1.29 is 9.90 Å². The average molecular weight is 474 g/mol. The van der Waals surface area contributed by atoms with Crippen LogP contribution in [0.25, 0.3) is 11.1 Å². The number of aromatic nitrogens is 1. The monoisotopic (exact) mass is 473 g/mol. The van der Waals surface area contributed by atoms with Gasteiger partial charge in [0, 0.05) is 44.6 Å². The van der Waals surface area contributed by atoms with Crippen molar-refractivity contribution in [2.45, 2.75) is 12.5 Å². The van der Waals surface area contributed by atoms with Crippen LogP contribution in [-0.4, -0.2) is 66.4 Å². The van der Waals surface area contributed by atoms with Gasteiger partial charge in [-0.1, -0.05) is 36.4 Å². The standard InChI is InChI=1S/C26H27N5O2S/c1-2-25-27-24(18-34-25)28-26(33)30-14-12-29(13-15-30)22-9-8-20(19-6-4-3-5-7-19)16-23(22)31-11-10-21(32)17-31/h1,3-9,16,18,21,32H,10-15,17H2,(H,28,33). The summed E-state index contributed by atoms with van der Waals surface area (Å²) in [5, 5.41) is 15.3. The minimum atomic E-state index is -0.297. The molecule has 0 spiro atoms. The number of hydrogen-bond donors (Lipinski definition) is 2. The van der Waals surface area contributed by atoms with Gasteiger partial charge in [0.25, 0.3) is 0 Å². The molecule has 2 saturated heterocycles. The van der Waals surface area contributed by atoms with E-state index in [0.717, 1.165) is 43.0 Å². The second-order valence-corrected chi connectivity index (χ2v) is 9.40. The van der Waals surface area contributed by atoms with Crippen LogP contribution in [-0.2, 0) is 0 Å². The zero-order valence-corrected chi connectivity index (χ0v) is 19.7. The van der Waals surface area contributed by atoms with E-state index in [2.05, 4.69) is 56.4 Å². The van der Waals surface area contributed by atoms with E-state index in [-0.39, 0.29) is 12.1 Å². The smallest absolute Gasteiger partial charge is 0.323 e. The van der Waals surface area contributed by atoms with Gasteiger partial charge in [-0.2, -0.15) is 0 Å². The number of aliphatic hydroxyl groups excluding tert-OH is 1. The number of carbonyl (C=O) groups excluding carboxylic acids is 1. The van der Waals surface area contributed by atoms with Crippen LogP contribution in [0.4, 0.5) is 22.0 Å². The number of anilines is 3. The SMILES string of the molecule is C#Cc1nc(NC(=O)N2CCN(c3ccc(-c4ccccc4)cc3N3CCC(O)C3)CC2)cs1. The largest absolute Gasteiger partial charge is 0.391 e. The van der Waals surface area contributed by atoms with Crippen molar-refractivity contribution in [3.63, 3.8) is 0 Å². The lowest BCUT2D eigenvalue weighted by Crippen LogP contribution is -2.50. The summed E-state index contributed by atoms with van der Waals surface area (Å²) >= 11 is 1.34. The number of nitrogens with one attached hydrogen (secondary N) is 1. The van der Waals surface area contributed by atoms with Gasteiger partial charge in [0.2, 0.25) is 0 Å². The molecule has 5 rings (SSSR count). The Morgan fingerprint density at radius 1 is 1.03 bits per heavy atom. The van der Waals surface area contributed by atoms with E-state index in [1.807, 2.05) is 23.1 Å². The number of carbonyl (C=O) groups is 1. The summed E-state index contributed by atoms with van der Waals surface area (Å²) in [6.07, 6.45) is 5.85. The van der Waals surface area contributed by atoms with Crippen molar-refractivity contribution in [3.05, 3.63) is 58.9 Å². The highest BCUT2D eigenvalue weighted by Crippen LogP contribution is 2.36. The maximum absolute atomic E-state index is 12.7. The number of terminal acetylenes is 1. The second-order valence-electron chi connectivity index (χ2n) is 8.54. The Balaban J connectivity index is 1.31. The summed E-state index contributed by atoms with van der Waals surface area (Å²) in [4.78, 5) is 23.3. The molecule has 0 bridgehead atoms. The van der Waals surface area contributed by atoms with E-state index in [9.17, 15) is 9.90 Å².